The van der Waals surface area contributed by atoms with E-state index in [2.05, 4.69) is 17.8 Å². The summed E-state index contributed by atoms with van der Waals surface area (Å²) < 4.78 is 10.5. The second kappa shape index (κ2) is 4.91. The van der Waals surface area contributed by atoms with Crippen LogP contribution < -0.4 is 26.1 Å². The minimum Gasteiger partial charge on any atom is -0.493 e. The van der Waals surface area contributed by atoms with E-state index in [1.165, 1.54) is 0 Å². The highest BCUT2D eigenvalue weighted by Gasteiger charge is 2.31. The Bertz CT molecular complexity index is 397. The van der Waals surface area contributed by atoms with Gasteiger partial charge in [0.2, 0.25) is 0 Å². The lowest BCUT2D eigenvalue weighted by molar-refractivity contribution is 0.353. The van der Waals surface area contributed by atoms with Crippen molar-refractivity contribution in [2.24, 2.45) is 5.73 Å². The smallest absolute Gasteiger partial charge is 0.161 e. The molecule has 1 aliphatic rings. The van der Waals surface area contributed by atoms with Crippen molar-refractivity contribution in [3.8, 4) is 11.5 Å². The van der Waals surface area contributed by atoms with Gasteiger partial charge in [0, 0.05) is 12.1 Å². The largest absolute Gasteiger partial charge is 0.493 e. The van der Waals surface area contributed by atoms with Crippen LogP contribution in [0.5, 0.6) is 11.5 Å². The van der Waals surface area contributed by atoms with Crippen LogP contribution in [0, 0.1) is 0 Å². The van der Waals surface area contributed by atoms with Crippen LogP contribution in [0.2, 0.25) is 0 Å². The van der Waals surface area contributed by atoms with E-state index in [4.69, 9.17) is 15.2 Å². The first kappa shape index (κ1) is 12.2. The van der Waals surface area contributed by atoms with E-state index in [0.717, 1.165) is 17.1 Å². The van der Waals surface area contributed by atoms with Crippen LogP contribution in [-0.2, 0) is 0 Å². The van der Waals surface area contributed by atoms with Gasteiger partial charge < -0.3 is 15.2 Å². The Morgan fingerprint density at radius 2 is 1.82 bits per heavy atom. The summed E-state index contributed by atoms with van der Waals surface area (Å²) in [4.78, 5) is 0. The quantitative estimate of drug-likeness (QED) is 0.717. The Morgan fingerprint density at radius 3 is 2.35 bits per heavy atom. The highest BCUT2D eigenvalue weighted by atomic mass is 16.5. The minimum atomic E-state index is 0.0353. The van der Waals surface area contributed by atoms with E-state index in [1.54, 1.807) is 14.2 Å². The Labute approximate surface area is 101 Å². The van der Waals surface area contributed by atoms with Gasteiger partial charge in [-0.1, -0.05) is 6.07 Å². The Morgan fingerprint density at radius 1 is 1.12 bits per heavy atom. The molecule has 5 nitrogen and oxygen atoms in total. The molecule has 1 aromatic rings. The molecule has 0 amide bonds. The molecule has 3 unspecified atom stereocenters. The van der Waals surface area contributed by atoms with Gasteiger partial charge in [0.15, 0.2) is 11.5 Å². The highest BCUT2D eigenvalue weighted by molar-refractivity contribution is 5.44. The molecule has 94 valence electrons. The van der Waals surface area contributed by atoms with E-state index in [0.29, 0.717) is 0 Å². The van der Waals surface area contributed by atoms with Gasteiger partial charge in [0.1, 0.15) is 0 Å². The van der Waals surface area contributed by atoms with E-state index >= 15 is 0 Å². The van der Waals surface area contributed by atoms with Gasteiger partial charge in [-0.2, -0.15) is 0 Å². The molecule has 0 aromatic heterocycles. The molecule has 0 bridgehead atoms. The average molecular weight is 237 g/mol. The number of nitrogens with one attached hydrogen (secondary N) is 2. The van der Waals surface area contributed by atoms with Crippen LogP contribution in [0.4, 0.5) is 0 Å². The molecule has 4 N–H and O–H groups in total. The normalized spacial score (nSPS) is 28.1. The maximum absolute atomic E-state index is 6.12. The van der Waals surface area contributed by atoms with Crippen molar-refractivity contribution in [3.05, 3.63) is 23.8 Å². The van der Waals surface area contributed by atoms with Gasteiger partial charge in [-0.25, -0.2) is 5.43 Å². The second-order valence-corrected chi connectivity index (χ2v) is 4.25. The summed E-state index contributed by atoms with van der Waals surface area (Å²) >= 11 is 0. The van der Waals surface area contributed by atoms with Crippen molar-refractivity contribution in [2.75, 3.05) is 14.2 Å². The van der Waals surface area contributed by atoms with Crippen LogP contribution in [0.25, 0.3) is 0 Å². The summed E-state index contributed by atoms with van der Waals surface area (Å²) in [6, 6.07) is 6.21. The van der Waals surface area contributed by atoms with Crippen molar-refractivity contribution in [3.63, 3.8) is 0 Å². The second-order valence-electron chi connectivity index (χ2n) is 4.25. The van der Waals surface area contributed by atoms with Crippen LogP contribution in [0.15, 0.2) is 18.2 Å². The molecule has 1 aliphatic heterocycles. The number of methoxy groups -OCH3 is 2. The summed E-state index contributed by atoms with van der Waals surface area (Å²) in [5.41, 5.74) is 13.5. The van der Waals surface area contributed by atoms with E-state index < -0.39 is 0 Å². The van der Waals surface area contributed by atoms with Gasteiger partial charge in [-0.3, -0.25) is 5.43 Å². The summed E-state index contributed by atoms with van der Waals surface area (Å²) in [7, 11) is 3.26. The van der Waals surface area contributed by atoms with E-state index in [9.17, 15) is 0 Å². The van der Waals surface area contributed by atoms with Crippen LogP contribution >= 0.6 is 0 Å². The zero-order chi connectivity index (χ0) is 12.4. The molecular weight excluding hydrogens is 218 g/mol. The molecule has 0 spiro atoms. The molecule has 17 heavy (non-hydrogen) atoms. The summed E-state index contributed by atoms with van der Waals surface area (Å²) in [5, 5.41) is 0. The summed E-state index contributed by atoms with van der Waals surface area (Å²) in [6.07, 6.45) is 0. The van der Waals surface area contributed by atoms with Crippen molar-refractivity contribution >= 4 is 0 Å². The molecule has 3 atom stereocenters. The van der Waals surface area contributed by atoms with E-state index in [-0.39, 0.29) is 18.1 Å². The maximum atomic E-state index is 6.12. The first-order valence-corrected chi connectivity index (χ1v) is 5.66. The number of ether oxygens (including phenoxy) is 2. The summed E-state index contributed by atoms with van der Waals surface area (Å²) in [5.74, 6) is 1.45. The Balaban J connectivity index is 2.27. The lowest BCUT2D eigenvalue weighted by Crippen LogP contribution is -2.35. The zero-order valence-electron chi connectivity index (χ0n) is 10.4. The predicted molar refractivity (Wildman–Crippen MR) is 66.0 cm³/mol. The lowest BCUT2D eigenvalue weighted by Gasteiger charge is -2.18. The predicted octanol–water partition coefficient (Wildman–Crippen LogP) is 0.568. The molecule has 1 fully saturated rings. The van der Waals surface area contributed by atoms with Crippen molar-refractivity contribution < 1.29 is 9.47 Å². The molecule has 1 heterocycles. The fourth-order valence-electron chi connectivity index (χ4n) is 2.05. The van der Waals surface area contributed by atoms with E-state index in [1.807, 2.05) is 18.2 Å². The number of hydrogen-bond donors (Lipinski definition) is 3. The molecule has 5 heteroatoms. The standard InChI is InChI=1S/C12H19N3O2/c1-7-11(13)12(15-14-7)8-4-5-9(16-2)10(6-8)17-3/h4-7,11-12,14-15H,13H2,1-3H3. The number of hydrogen-bond acceptors (Lipinski definition) is 5. The summed E-state index contributed by atoms with van der Waals surface area (Å²) in [6.45, 7) is 2.05. The lowest BCUT2D eigenvalue weighted by atomic mass is 9.98. The molecule has 1 aromatic carbocycles. The fraction of sp³-hybridized carbons (Fsp3) is 0.500. The van der Waals surface area contributed by atoms with Crippen molar-refractivity contribution in [1.29, 1.82) is 0 Å². The maximum Gasteiger partial charge on any atom is 0.161 e. The molecule has 1 saturated heterocycles. The van der Waals surface area contributed by atoms with Gasteiger partial charge >= 0.3 is 0 Å². The van der Waals surface area contributed by atoms with Crippen molar-refractivity contribution in [1.82, 2.24) is 10.9 Å². The third kappa shape index (κ3) is 2.22. The van der Waals surface area contributed by atoms with Crippen LogP contribution in [-0.4, -0.2) is 26.3 Å². The number of hydrazine groups is 1. The van der Waals surface area contributed by atoms with Crippen molar-refractivity contribution in [2.45, 2.75) is 25.0 Å². The minimum absolute atomic E-state index is 0.0353. The highest BCUT2D eigenvalue weighted by Crippen LogP contribution is 2.31. The van der Waals surface area contributed by atoms with Gasteiger partial charge in [0.05, 0.1) is 20.3 Å². The average Bonchev–Trinajstić information content (AvgIpc) is 2.69. The third-order valence-corrected chi connectivity index (χ3v) is 3.20. The van der Waals surface area contributed by atoms with Gasteiger partial charge in [0.25, 0.3) is 0 Å². The monoisotopic (exact) mass is 237 g/mol. The Hall–Kier alpha value is -1.30. The third-order valence-electron chi connectivity index (χ3n) is 3.20. The molecule has 2 rings (SSSR count). The zero-order valence-corrected chi connectivity index (χ0v) is 10.4. The first-order chi connectivity index (χ1) is 8.17. The first-order valence-electron chi connectivity index (χ1n) is 5.66. The topological polar surface area (TPSA) is 68.5 Å². The fourth-order valence-corrected chi connectivity index (χ4v) is 2.05. The van der Waals surface area contributed by atoms with Crippen LogP contribution in [0.1, 0.15) is 18.5 Å². The molecular formula is C12H19N3O2. The van der Waals surface area contributed by atoms with Crippen LogP contribution in [0.3, 0.4) is 0 Å². The molecule has 0 saturated carbocycles. The van der Waals surface area contributed by atoms with Gasteiger partial charge in [-0.05, 0) is 24.6 Å². The van der Waals surface area contributed by atoms with Gasteiger partial charge in [-0.15, -0.1) is 0 Å². The number of rotatable bonds is 3. The SMILES string of the molecule is COc1ccc(C2NNC(C)C2N)cc1OC. The molecule has 0 aliphatic carbocycles. The number of benzene rings is 1. The number of nitrogens with two attached hydrogens (primary N) is 1. The molecule has 0 radical (unpaired) electrons. The Kier molecular flexibility index (Phi) is 3.51.